The van der Waals surface area contributed by atoms with Gasteiger partial charge in [-0.3, -0.25) is 4.79 Å². The SMILES string of the molecule is CCOC(=O)/C(CC(=O)O)=C(\c1ccccc1)c1ccc(C)cc1. The molecule has 24 heavy (non-hydrogen) atoms. The Kier molecular flexibility index (Phi) is 5.90. The first-order chi connectivity index (χ1) is 11.5. The van der Waals surface area contributed by atoms with Crippen molar-refractivity contribution in [2.75, 3.05) is 6.61 Å². The normalized spacial score (nSPS) is 11.6. The molecule has 0 bridgehead atoms. The molecule has 0 saturated carbocycles. The Morgan fingerprint density at radius 2 is 1.54 bits per heavy atom. The second-order valence-corrected chi connectivity index (χ2v) is 5.38. The third kappa shape index (κ3) is 4.32. The smallest absolute Gasteiger partial charge is 0.335 e. The van der Waals surface area contributed by atoms with Crippen LogP contribution >= 0.6 is 0 Å². The van der Waals surface area contributed by atoms with Crippen LogP contribution in [0.1, 0.15) is 30.0 Å². The maximum absolute atomic E-state index is 12.4. The van der Waals surface area contributed by atoms with Gasteiger partial charge >= 0.3 is 11.9 Å². The maximum Gasteiger partial charge on any atom is 0.335 e. The van der Waals surface area contributed by atoms with E-state index in [2.05, 4.69) is 0 Å². The quantitative estimate of drug-likeness (QED) is 0.648. The van der Waals surface area contributed by atoms with Crippen molar-refractivity contribution in [3.05, 3.63) is 76.9 Å². The van der Waals surface area contributed by atoms with E-state index in [0.29, 0.717) is 5.57 Å². The fourth-order valence-electron chi connectivity index (χ4n) is 2.47. The summed E-state index contributed by atoms with van der Waals surface area (Å²) in [5.74, 6) is -1.67. The molecule has 0 saturated heterocycles. The largest absolute Gasteiger partial charge is 0.481 e. The lowest BCUT2D eigenvalue weighted by Gasteiger charge is -2.15. The van der Waals surface area contributed by atoms with Crippen LogP contribution in [-0.4, -0.2) is 23.7 Å². The lowest BCUT2D eigenvalue weighted by atomic mass is 9.91. The first-order valence-electron chi connectivity index (χ1n) is 7.77. The number of ether oxygens (including phenoxy) is 1. The highest BCUT2D eigenvalue weighted by atomic mass is 16.5. The van der Waals surface area contributed by atoms with Crippen LogP contribution in [0.2, 0.25) is 0 Å². The second-order valence-electron chi connectivity index (χ2n) is 5.38. The molecule has 0 heterocycles. The number of benzene rings is 2. The molecular weight excluding hydrogens is 304 g/mol. The predicted octanol–water partition coefficient (Wildman–Crippen LogP) is 3.83. The number of esters is 1. The molecule has 0 aliphatic heterocycles. The highest BCUT2D eigenvalue weighted by Gasteiger charge is 2.22. The second kappa shape index (κ2) is 8.11. The molecule has 2 rings (SSSR count). The van der Waals surface area contributed by atoms with Crippen LogP contribution in [0.15, 0.2) is 60.2 Å². The van der Waals surface area contributed by atoms with Crippen molar-refractivity contribution in [2.45, 2.75) is 20.3 Å². The molecule has 0 aliphatic rings. The molecule has 2 aromatic carbocycles. The zero-order chi connectivity index (χ0) is 17.5. The molecule has 0 amide bonds. The van der Waals surface area contributed by atoms with E-state index in [9.17, 15) is 14.7 Å². The maximum atomic E-state index is 12.4. The summed E-state index contributed by atoms with van der Waals surface area (Å²) < 4.78 is 5.09. The number of carbonyl (C=O) groups is 2. The van der Waals surface area contributed by atoms with E-state index in [1.807, 2.05) is 61.5 Å². The molecule has 124 valence electrons. The number of aryl methyl sites for hydroxylation is 1. The van der Waals surface area contributed by atoms with E-state index in [0.717, 1.165) is 16.7 Å². The summed E-state index contributed by atoms with van der Waals surface area (Å²) in [4.78, 5) is 23.7. The summed E-state index contributed by atoms with van der Waals surface area (Å²) in [6.45, 7) is 3.86. The first kappa shape index (κ1) is 17.5. The molecule has 0 spiro atoms. The average molecular weight is 324 g/mol. The highest BCUT2D eigenvalue weighted by molar-refractivity contribution is 6.04. The van der Waals surface area contributed by atoms with Gasteiger partial charge in [-0.2, -0.15) is 0 Å². The lowest BCUT2D eigenvalue weighted by Crippen LogP contribution is -2.14. The third-order valence-corrected chi connectivity index (χ3v) is 3.55. The lowest BCUT2D eigenvalue weighted by molar-refractivity contribution is -0.142. The summed E-state index contributed by atoms with van der Waals surface area (Å²) in [7, 11) is 0. The van der Waals surface area contributed by atoms with Crippen molar-refractivity contribution in [3.8, 4) is 0 Å². The fourth-order valence-corrected chi connectivity index (χ4v) is 2.47. The van der Waals surface area contributed by atoms with Gasteiger partial charge in [0.05, 0.1) is 18.6 Å². The van der Waals surface area contributed by atoms with Gasteiger partial charge in [-0.25, -0.2) is 4.79 Å². The average Bonchev–Trinajstić information content (AvgIpc) is 2.57. The Bertz CT molecular complexity index is 743. The zero-order valence-electron chi connectivity index (χ0n) is 13.8. The van der Waals surface area contributed by atoms with Crippen molar-refractivity contribution in [2.24, 2.45) is 0 Å². The number of carboxylic acids is 1. The molecular formula is C20H20O4. The minimum absolute atomic E-state index is 0.152. The van der Waals surface area contributed by atoms with E-state index in [-0.39, 0.29) is 12.2 Å². The summed E-state index contributed by atoms with van der Waals surface area (Å²) in [6.07, 6.45) is -0.392. The van der Waals surface area contributed by atoms with Crippen LogP contribution in [0.3, 0.4) is 0 Å². The van der Waals surface area contributed by atoms with E-state index >= 15 is 0 Å². The highest BCUT2D eigenvalue weighted by Crippen LogP contribution is 2.29. The Morgan fingerprint density at radius 1 is 0.958 bits per heavy atom. The first-order valence-corrected chi connectivity index (χ1v) is 7.77. The van der Waals surface area contributed by atoms with E-state index in [4.69, 9.17) is 4.74 Å². The standard InChI is InChI=1S/C20H20O4/c1-3-24-20(23)17(13-18(21)22)19(15-7-5-4-6-8-15)16-11-9-14(2)10-12-16/h4-12H,3,13H2,1-2H3,(H,21,22)/b19-17+. The molecule has 2 aromatic rings. The molecule has 1 N–H and O–H groups in total. The number of carboxylic acid groups (broad SMARTS) is 1. The van der Waals surface area contributed by atoms with Gasteiger partial charge in [0, 0.05) is 0 Å². The van der Waals surface area contributed by atoms with Crippen LogP contribution < -0.4 is 0 Å². The summed E-state index contributed by atoms with van der Waals surface area (Å²) in [6, 6.07) is 16.9. The minimum Gasteiger partial charge on any atom is -0.481 e. The summed E-state index contributed by atoms with van der Waals surface area (Å²) in [5.41, 5.74) is 3.40. The molecule has 0 unspecified atom stereocenters. The minimum atomic E-state index is -1.07. The Balaban J connectivity index is 2.70. The van der Waals surface area contributed by atoms with Crippen LogP contribution in [0, 0.1) is 6.92 Å². The van der Waals surface area contributed by atoms with Gasteiger partial charge in [-0.15, -0.1) is 0 Å². The van der Waals surface area contributed by atoms with Crippen molar-refractivity contribution in [1.29, 1.82) is 0 Å². The van der Waals surface area contributed by atoms with Gasteiger partial charge in [-0.05, 0) is 30.5 Å². The predicted molar refractivity (Wildman–Crippen MR) is 92.5 cm³/mol. The molecule has 0 aliphatic carbocycles. The zero-order valence-corrected chi connectivity index (χ0v) is 13.8. The van der Waals surface area contributed by atoms with Gasteiger partial charge in [0.25, 0.3) is 0 Å². The Hall–Kier alpha value is -2.88. The summed E-state index contributed by atoms with van der Waals surface area (Å²) >= 11 is 0. The molecule has 4 heteroatoms. The third-order valence-electron chi connectivity index (χ3n) is 3.55. The van der Waals surface area contributed by atoms with Gasteiger partial charge in [0.15, 0.2) is 0 Å². The van der Waals surface area contributed by atoms with E-state index in [1.54, 1.807) is 6.92 Å². The van der Waals surface area contributed by atoms with Crippen molar-refractivity contribution in [3.63, 3.8) is 0 Å². The van der Waals surface area contributed by atoms with Crippen LogP contribution in [0.5, 0.6) is 0 Å². The number of carbonyl (C=O) groups excluding carboxylic acids is 1. The van der Waals surface area contributed by atoms with Crippen LogP contribution in [-0.2, 0) is 14.3 Å². The van der Waals surface area contributed by atoms with Gasteiger partial charge in [0.2, 0.25) is 0 Å². The molecule has 0 aromatic heterocycles. The van der Waals surface area contributed by atoms with Crippen molar-refractivity contribution in [1.82, 2.24) is 0 Å². The van der Waals surface area contributed by atoms with Gasteiger partial charge in [-0.1, -0.05) is 60.2 Å². The molecule has 0 atom stereocenters. The molecule has 4 nitrogen and oxygen atoms in total. The van der Waals surface area contributed by atoms with Crippen molar-refractivity contribution >= 4 is 17.5 Å². The number of hydrogen-bond acceptors (Lipinski definition) is 3. The van der Waals surface area contributed by atoms with Gasteiger partial charge < -0.3 is 9.84 Å². The number of hydrogen-bond donors (Lipinski definition) is 1. The topological polar surface area (TPSA) is 63.6 Å². The Morgan fingerprint density at radius 3 is 2.08 bits per heavy atom. The monoisotopic (exact) mass is 324 g/mol. The number of rotatable bonds is 6. The van der Waals surface area contributed by atoms with Crippen LogP contribution in [0.25, 0.3) is 5.57 Å². The van der Waals surface area contributed by atoms with Gasteiger partial charge in [0.1, 0.15) is 0 Å². The number of aliphatic carboxylic acids is 1. The van der Waals surface area contributed by atoms with Crippen molar-refractivity contribution < 1.29 is 19.4 Å². The Labute approximate surface area is 141 Å². The summed E-state index contributed by atoms with van der Waals surface area (Å²) in [5, 5.41) is 9.25. The fraction of sp³-hybridized carbons (Fsp3) is 0.200. The van der Waals surface area contributed by atoms with E-state index < -0.39 is 18.4 Å². The van der Waals surface area contributed by atoms with E-state index in [1.165, 1.54) is 0 Å². The molecule has 0 fully saturated rings. The van der Waals surface area contributed by atoms with Crippen LogP contribution in [0.4, 0.5) is 0 Å². The molecule has 0 radical (unpaired) electrons.